The summed E-state index contributed by atoms with van der Waals surface area (Å²) in [5, 5.41) is 4.59. The largest absolute Gasteiger partial charge is 0.489 e. The Hall–Kier alpha value is -3.19. The van der Waals surface area contributed by atoms with E-state index in [9.17, 15) is 4.79 Å². The molecule has 0 fully saturated rings. The molecule has 0 saturated carbocycles. The summed E-state index contributed by atoms with van der Waals surface area (Å²) in [4.78, 5) is 20.6. The summed E-state index contributed by atoms with van der Waals surface area (Å²) in [5.41, 5.74) is 7.50. The molecule has 0 radical (unpaired) electrons. The number of nitrogens with zero attached hydrogens (tertiary/aromatic N) is 3. The van der Waals surface area contributed by atoms with E-state index in [0.717, 1.165) is 28.3 Å². The molecule has 3 rings (SSSR count). The molecular formula is C23H24N4O2S. The van der Waals surface area contributed by atoms with Gasteiger partial charge in [-0.05, 0) is 62.2 Å². The first-order chi connectivity index (χ1) is 14.5. The van der Waals surface area contributed by atoms with Crippen molar-refractivity contribution in [2.45, 2.75) is 32.5 Å². The lowest BCUT2D eigenvalue weighted by Crippen LogP contribution is -2.19. The Morgan fingerprint density at radius 3 is 2.50 bits per heavy atom. The smallest absolute Gasteiger partial charge is 0.250 e. The van der Waals surface area contributed by atoms with Gasteiger partial charge in [0, 0.05) is 11.4 Å². The molecule has 1 heterocycles. The van der Waals surface area contributed by atoms with Crippen LogP contribution in [0.4, 0.5) is 0 Å². The van der Waals surface area contributed by atoms with Crippen molar-refractivity contribution in [2.75, 3.05) is 5.75 Å². The highest BCUT2D eigenvalue weighted by molar-refractivity contribution is 7.99. The monoisotopic (exact) mass is 420 g/mol. The zero-order chi connectivity index (χ0) is 21.3. The van der Waals surface area contributed by atoms with Gasteiger partial charge in [0.25, 0.3) is 5.91 Å². The zero-order valence-corrected chi connectivity index (χ0v) is 18.1. The maximum absolute atomic E-state index is 12.0. The molecule has 1 N–H and O–H groups in total. The summed E-state index contributed by atoms with van der Waals surface area (Å²) in [5.74, 6) is 0.769. The van der Waals surface area contributed by atoms with Gasteiger partial charge in [0.2, 0.25) is 0 Å². The van der Waals surface area contributed by atoms with E-state index in [1.54, 1.807) is 6.21 Å². The van der Waals surface area contributed by atoms with Crippen LogP contribution < -0.4 is 10.2 Å². The summed E-state index contributed by atoms with van der Waals surface area (Å²) in [6, 6.07) is 17.7. The molecule has 0 aliphatic heterocycles. The average Bonchev–Trinajstić information content (AvgIpc) is 2.71. The number of rotatable bonds is 8. The van der Waals surface area contributed by atoms with E-state index in [4.69, 9.17) is 4.74 Å². The number of aromatic nitrogens is 2. The Morgan fingerprint density at radius 2 is 1.80 bits per heavy atom. The standard InChI is InChI=1S/C23H24N4O2S/c1-16-5-4-6-20(11-16)14-29-21-9-7-19(8-10-21)13-24-27-22(28)15-30-23-25-17(2)12-18(3)26-23/h4-13H,14-15H2,1-3H3,(H,27,28)/b24-13-. The number of amides is 1. The molecule has 0 unspecified atom stereocenters. The molecule has 2 aromatic carbocycles. The van der Waals surface area contributed by atoms with Gasteiger partial charge < -0.3 is 4.74 Å². The molecule has 1 amide bonds. The maximum atomic E-state index is 12.0. The van der Waals surface area contributed by atoms with Crippen LogP contribution >= 0.6 is 11.8 Å². The van der Waals surface area contributed by atoms with Crippen molar-refractivity contribution in [1.82, 2.24) is 15.4 Å². The van der Waals surface area contributed by atoms with Crippen LogP contribution in [0.1, 0.15) is 28.1 Å². The Bertz CT molecular complexity index is 1020. The summed E-state index contributed by atoms with van der Waals surface area (Å²) < 4.78 is 5.81. The number of carbonyl (C=O) groups excluding carboxylic acids is 1. The molecule has 0 saturated heterocycles. The highest BCUT2D eigenvalue weighted by Gasteiger charge is 2.05. The number of hydrogen-bond donors (Lipinski definition) is 1. The van der Waals surface area contributed by atoms with Gasteiger partial charge in [-0.2, -0.15) is 5.10 Å². The summed E-state index contributed by atoms with van der Waals surface area (Å²) in [6.45, 7) is 6.39. The Morgan fingerprint density at radius 1 is 1.07 bits per heavy atom. The average molecular weight is 421 g/mol. The van der Waals surface area contributed by atoms with Crippen LogP contribution in [-0.2, 0) is 11.4 Å². The quantitative estimate of drug-likeness (QED) is 0.255. The van der Waals surface area contributed by atoms with Crippen molar-refractivity contribution in [3.05, 3.63) is 82.7 Å². The minimum absolute atomic E-state index is 0.200. The molecule has 0 aliphatic carbocycles. The fraction of sp³-hybridized carbons (Fsp3) is 0.217. The number of nitrogens with one attached hydrogen (secondary N) is 1. The molecular weight excluding hydrogens is 396 g/mol. The third kappa shape index (κ3) is 7.00. The molecule has 0 atom stereocenters. The SMILES string of the molecule is Cc1cccc(COc2ccc(/C=N\NC(=O)CSc3nc(C)cc(C)n3)cc2)c1. The molecule has 3 aromatic rings. The van der Waals surface area contributed by atoms with E-state index in [-0.39, 0.29) is 11.7 Å². The first-order valence-electron chi connectivity index (χ1n) is 9.53. The fourth-order valence-corrected chi connectivity index (χ4v) is 3.46. The third-order valence-electron chi connectivity index (χ3n) is 4.07. The molecule has 0 aliphatic rings. The van der Waals surface area contributed by atoms with Crippen LogP contribution in [0.25, 0.3) is 0 Å². The number of hydrogen-bond acceptors (Lipinski definition) is 6. The summed E-state index contributed by atoms with van der Waals surface area (Å²) in [6.07, 6.45) is 1.60. The lowest BCUT2D eigenvalue weighted by Gasteiger charge is -2.07. The predicted octanol–water partition coefficient (Wildman–Crippen LogP) is 4.22. The molecule has 1 aromatic heterocycles. The minimum Gasteiger partial charge on any atom is -0.489 e. The number of hydrazone groups is 1. The van der Waals surface area contributed by atoms with Crippen molar-refractivity contribution in [3.8, 4) is 5.75 Å². The van der Waals surface area contributed by atoms with Crippen LogP contribution in [0.2, 0.25) is 0 Å². The third-order valence-corrected chi connectivity index (χ3v) is 4.91. The molecule has 0 spiro atoms. The van der Waals surface area contributed by atoms with E-state index in [2.05, 4.69) is 39.6 Å². The zero-order valence-electron chi connectivity index (χ0n) is 17.3. The van der Waals surface area contributed by atoms with Gasteiger partial charge in [-0.1, -0.05) is 41.6 Å². The van der Waals surface area contributed by atoms with E-state index in [1.165, 1.54) is 17.3 Å². The minimum atomic E-state index is -0.211. The van der Waals surface area contributed by atoms with Crippen LogP contribution in [-0.4, -0.2) is 27.8 Å². The van der Waals surface area contributed by atoms with Crippen molar-refractivity contribution < 1.29 is 9.53 Å². The highest BCUT2D eigenvalue weighted by Crippen LogP contribution is 2.15. The van der Waals surface area contributed by atoms with Crippen LogP contribution in [0.5, 0.6) is 5.75 Å². The topological polar surface area (TPSA) is 76.5 Å². The first-order valence-corrected chi connectivity index (χ1v) is 10.5. The molecule has 6 nitrogen and oxygen atoms in total. The number of benzene rings is 2. The number of ether oxygens (including phenoxy) is 1. The van der Waals surface area contributed by atoms with Crippen molar-refractivity contribution in [3.63, 3.8) is 0 Å². The van der Waals surface area contributed by atoms with E-state index in [1.807, 2.05) is 56.3 Å². The Kier molecular flexibility index (Phi) is 7.57. The van der Waals surface area contributed by atoms with Crippen LogP contribution in [0.15, 0.2) is 64.9 Å². The second-order valence-corrected chi connectivity index (χ2v) is 7.80. The lowest BCUT2D eigenvalue weighted by molar-refractivity contribution is -0.118. The predicted molar refractivity (Wildman–Crippen MR) is 120 cm³/mol. The fourth-order valence-electron chi connectivity index (χ4n) is 2.72. The highest BCUT2D eigenvalue weighted by atomic mass is 32.2. The van der Waals surface area contributed by atoms with Gasteiger partial charge in [0.05, 0.1) is 12.0 Å². The van der Waals surface area contributed by atoms with Gasteiger partial charge >= 0.3 is 0 Å². The molecule has 7 heteroatoms. The Balaban J connectivity index is 1.43. The number of thioether (sulfide) groups is 1. The second-order valence-electron chi connectivity index (χ2n) is 6.86. The number of carbonyl (C=O) groups is 1. The van der Waals surface area contributed by atoms with Gasteiger partial charge in [0.15, 0.2) is 5.16 Å². The lowest BCUT2D eigenvalue weighted by atomic mass is 10.1. The van der Waals surface area contributed by atoms with E-state index < -0.39 is 0 Å². The Labute approximate surface area is 180 Å². The number of aryl methyl sites for hydroxylation is 3. The van der Waals surface area contributed by atoms with Gasteiger partial charge in [-0.25, -0.2) is 15.4 Å². The van der Waals surface area contributed by atoms with E-state index >= 15 is 0 Å². The summed E-state index contributed by atoms with van der Waals surface area (Å²) in [7, 11) is 0. The van der Waals surface area contributed by atoms with E-state index in [0.29, 0.717) is 11.8 Å². The second kappa shape index (κ2) is 10.5. The summed E-state index contributed by atoms with van der Waals surface area (Å²) >= 11 is 1.28. The van der Waals surface area contributed by atoms with Crippen LogP contribution in [0.3, 0.4) is 0 Å². The normalized spacial score (nSPS) is 10.9. The first kappa shape index (κ1) is 21.5. The molecule has 0 bridgehead atoms. The van der Waals surface area contributed by atoms with Gasteiger partial charge in [-0.15, -0.1) is 0 Å². The van der Waals surface area contributed by atoms with Gasteiger partial charge in [0.1, 0.15) is 12.4 Å². The van der Waals surface area contributed by atoms with Crippen molar-refractivity contribution in [2.24, 2.45) is 5.10 Å². The van der Waals surface area contributed by atoms with Crippen molar-refractivity contribution in [1.29, 1.82) is 0 Å². The van der Waals surface area contributed by atoms with Gasteiger partial charge in [-0.3, -0.25) is 4.79 Å². The molecule has 154 valence electrons. The maximum Gasteiger partial charge on any atom is 0.250 e. The van der Waals surface area contributed by atoms with Crippen LogP contribution in [0, 0.1) is 20.8 Å². The molecule has 30 heavy (non-hydrogen) atoms. The van der Waals surface area contributed by atoms with Crippen molar-refractivity contribution >= 4 is 23.9 Å².